The van der Waals surface area contributed by atoms with Crippen molar-refractivity contribution in [3.05, 3.63) is 63.3 Å². The zero-order valence-corrected chi connectivity index (χ0v) is 12.1. The molecule has 6 heteroatoms. The number of hydrogen-bond acceptors (Lipinski definition) is 2. The molecule has 2 heterocycles. The van der Waals surface area contributed by atoms with Crippen LogP contribution in [0.4, 0.5) is 4.39 Å². The van der Waals surface area contributed by atoms with Crippen LogP contribution in [-0.4, -0.2) is 14.6 Å². The largest absolute Gasteiger partial charge is 0.216 e. The Hall–Kier alpha value is -1.65. The zero-order valence-electron chi connectivity index (χ0n) is 10.6. The van der Waals surface area contributed by atoms with Crippen molar-refractivity contribution < 1.29 is 4.39 Å². The summed E-state index contributed by atoms with van der Waals surface area (Å²) >= 11 is 12.5. The van der Waals surface area contributed by atoms with Crippen LogP contribution in [0.25, 0.3) is 5.65 Å². The molecule has 3 aromatic rings. The SMILES string of the molecule is Cc1cc2nc(Cl)c(Cc3ccc(F)cc3)c(Cl)n2n1. The van der Waals surface area contributed by atoms with E-state index in [1.807, 2.05) is 6.92 Å². The Kier molecular flexibility index (Phi) is 3.36. The smallest absolute Gasteiger partial charge is 0.158 e. The number of benzene rings is 1. The van der Waals surface area contributed by atoms with Crippen LogP contribution in [0.15, 0.2) is 30.3 Å². The van der Waals surface area contributed by atoms with Crippen molar-refractivity contribution in [2.45, 2.75) is 13.3 Å². The van der Waals surface area contributed by atoms with E-state index < -0.39 is 0 Å². The molecule has 0 N–H and O–H groups in total. The summed E-state index contributed by atoms with van der Waals surface area (Å²) in [5, 5.41) is 5.04. The highest BCUT2D eigenvalue weighted by atomic mass is 35.5. The third-order valence-electron chi connectivity index (χ3n) is 3.00. The van der Waals surface area contributed by atoms with Gasteiger partial charge in [0.05, 0.1) is 5.69 Å². The predicted molar refractivity (Wildman–Crippen MR) is 77.0 cm³/mol. The first kappa shape index (κ1) is 13.3. The van der Waals surface area contributed by atoms with Crippen molar-refractivity contribution in [3.63, 3.8) is 0 Å². The molecule has 102 valence electrons. The predicted octanol–water partition coefficient (Wildman–Crippen LogP) is 4.07. The van der Waals surface area contributed by atoms with Gasteiger partial charge in [-0.05, 0) is 24.6 Å². The van der Waals surface area contributed by atoms with Crippen LogP contribution < -0.4 is 0 Å². The molecular weight excluding hydrogens is 300 g/mol. The molecule has 0 aliphatic carbocycles. The molecule has 0 radical (unpaired) electrons. The van der Waals surface area contributed by atoms with Crippen molar-refractivity contribution in [1.29, 1.82) is 0 Å². The fraction of sp³-hybridized carbons (Fsp3) is 0.143. The minimum absolute atomic E-state index is 0.276. The molecule has 0 unspecified atom stereocenters. The molecule has 0 aliphatic heterocycles. The maximum absolute atomic E-state index is 12.9. The van der Waals surface area contributed by atoms with Gasteiger partial charge < -0.3 is 0 Å². The second kappa shape index (κ2) is 5.04. The highest BCUT2D eigenvalue weighted by Crippen LogP contribution is 2.27. The normalized spacial score (nSPS) is 11.2. The van der Waals surface area contributed by atoms with Crippen molar-refractivity contribution >= 4 is 28.8 Å². The molecule has 0 aliphatic rings. The Morgan fingerprint density at radius 2 is 1.90 bits per heavy atom. The van der Waals surface area contributed by atoms with Gasteiger partial charge >= 0.3 is 0 Å². The highest BCUT2D eigenvalue weighted by molar-refractivity contribution is 6.34. The van der Waals surface area contributed by atoms with Gasteiger partial charge in [-0.25, -0.2) is 13.9 Å². The average molecular weight is 310 g/mol. The van der Waals surface area contributed by atoms with Crippen molar-refractivity contribution in [2.75, 3.05) is 0 Å². The topological polar surface area (TPSA) is 30.2 Å². The maximum Gasteiger partial charge on any atom is 0.158 e. The Bertz CT molecular complexity index is 781. The van der Waals surface area contributed by atoms with E-state index >= 15 is 0 Å². The van der Waals surface area contributed by atoms with Crippen LogP contribution in [0.2, 0.25) is 10.3 Å². The monoisotopic (exact) mass is 309 g/mol. The van der Waals surface area contributed by atoms with Gasteiger partial charge in [0.2, 0.25) is 0 Å². The fourth-order valence-electron chi connectivity index (χ4n) is 2.04. The Labute approximate surface area is 125 Å². The third kappa shape index (κ3) is 2.37. The van der Waals surface area contributed by atoms with Gasteiger partial charge in [0.1, 0.15) is 16.1 Å². The molecule has 0 saturated heterocycles. The molecule has 2 aromatic heterocycles. The summed E-state index contributed by atoms with van der Waals surface area (Å²) < 4.78 is 14.5. The number of aryl methyl sites for hydroxylation is 1. The summed E-state index contributed by atoms with van der Waals surface area (Å²) in [6, 6.07) is 8.00. The quantitative estimate of drug-likeness (QED) is 0.668. The van der Waals surface area contributed by atoms with Crippen LogP contribution in [0.3, 0.4) is 0 Å². The van der Waals surface area contributed by atoms with Crippen LogP contribution in [0.5, 0.6) is 0 Å². The number of rotatable bonds is 2. The number of fused-ring (bicyclic) bond motifs is 1. The van der Waals surface area contributed by atoms with Crippen LogP contribution in [-0.2, 0) is 6.42 Å². The highest BCUT2D eigenvalue weighted by Gasteiger charge is 2.14. The number of halogens is 3. The summed E-state index contributed by atoms with van der Waals surface area (Å²) in [4.78, 5) is 4.28. The minimum atomic E-state index is -0.276. The lowest BCUT2D eigenvalue weighted by molar-refractivity contribution is 0.627. The Morgan fingerprint density at radius 3 is 2.60 bits per heavy atom. The summed E-state index contributed by atoms with van der Waals surface area (Å²) in [6.07, 6.45) is 0.472. The van der Waals surface area contributed by atoms with E-state index in [0.717, 1.165) is 11.3 Å². The van der Waals surface area contributed by atoms with Crippen molar-refractivity contribution in [1.82, 2.24) is 14.6 Å². The van der Waals surface area contributed by atoms with Gasteiger partial charge in [0.25, 0.3) is 0 Å². The average Bonchev–Trinajstić information content (AvgIpc) is 2.77. The maximum atomic E-state index is 12.9. The Morgan fingerprint density at radius 1 is 1.20 bits per heavy atom. The molecule has 0 atom stereocenters. The van der Waals surface area contributed by atoms with E-state index in [2.05, 4.69) is 10.1 Å². The van der Waals surface area contributed by atoms with Gasteiger partial charge in [-0.3, -0.25) is 0 Å². The third-order valence-corrected chi connectivity index (χ3v) is 3.70. The molecule has 0 saturated carbocycles. The van der Waals surface area contributed by atoms with Gasteiger partial charge in [0.15, 0.2) is 5.65 Å². The molecular formula is C14H10Cl2FN3. The minimum Gasteiger partial charge on any atom is -0.216 e. The molecule has 20 heavy (non-hydrogen) atoms. The molecule has 1 aromatic carbocycles. The first-order chi connectivity index (χ1) is 9.54. The van der Waals surface area contributed by atoms with E-state index in [4.69, 9.17) is 23.2 Å². The van der Waals surface area contributed by atoms with E-state index in [-0.39, 0.29) is 5.82 Å². The number of nitrogens with zero attached hydrogens (tertiary/aromatic N) is 3. The van der Waals surface area contributed by atoms with Gasteiger partial charge in [0, 0.05) is 18.1 Å². The molecule has 3 nitrogen and oxygen atoms in total. The number of aromatic nitrogens is 3. The number of hydrogen-bond donors (Lipinski definition) is 0. The summed E-state index contributed by atoms with van der Waals surface area (Å²) in [6.45, 7) is 1.86. The van der Waals surface area contributed by atoms with Gasteiger partial charge in [-0.2, -0.15) is 5.10 Å². The summed E-state index contributed by atoms with van der Waals surface area (Å²) in [5.41, 5.74) is 3.01. The van der Waals surface area contributed by atoms with E-state index in [9.17, 15) is 4.39 Å². The van der Waals surface area contributed by atoms with E-state index in [1.54, 1.807) is 22.7 Å². The zero-order chi connectivity index (χ0) is 14.3. The molecule has 0 fully saturated rings. The van der Waals surface area contributed by atoms with Crippen LogP contribution >= 0.6 is 23.2 Å². The van der Waals surface area contributed by atoms with Crippen LogP contribution in [0.1, 0.15) is 16.8 Å². The first-order valence-corrected chi connectivity index (χ1v) is 6.75. The van der Waals surface area contributed by atoms with Crippen molar-refractivity contribution in [3.8, 4) is 0 Å². The fourth-order valence-corrected chi connectivity index (χ4v) is 2.62. The molecule has 0 amide bonds. The second-order valence-electron chi connectivity index (χ2n) is 4.53. The Balaban J connectivity index is 2.08. The second-order valence-corrected chi connectivity index (χ2v) is 5.25. The lowest BCUT2D eigenvalue weighted by Crippen LogP contribution is -2.01. The van der Waals surface area contributed by atoms with E-state index in [1.165, 1.54) is 12.1 Å². The van der Waals surface area contributed by atoms with Gasteiger partial charge in [-0.15, -0.1) is 0 Å². The van der Waals surface area contributed by atoms with E-state index in [0.29, 0.717) is 27.9 Å². The van der Waals surface area contributed by atoms with Crippen LogP contribution in [0, 0.1) is 12.7 Å². The standard InChI is InChI=1S/C14H10Cl2FN3/c1-8-6-12-18-13(15)11(14(16)20(12)19-8)7-9-2-4-10(17)5-3-9/h2-6H,7H2,1H3. The van der Waals surface area contributed by atoms with Crippen molar-refractivity contribution in [2.24, 2.45) is 0 Å². The summed E-state index contributed by atoms with van der Waals surface area (Å²) in [5.74, 6) is -0.276. The molecule has 3 rings (SSSR count). The molecule has 0 spiro atoms. The lowest BCUT2D eigenvalue weighted by Gasteiger charge is -2.08. The summed E-state index contributed by atoms with van der Waals surface area (Å²) in [7, 11) is 0. The molecule has 0 bridgehead atoms. The first-order valence-electron chi connectivity index (χ1n) is 5.99. The van der Waals surface area contributed by atoms with Gasteiger partial charge in [-0.1, -0.05) is 35.3 Å². The lowest BCUT2D eigenvalue weighted by atomic mass is 10.1.